The Morgan fingerprint density at radius 2 is 1.65 bits per heavy atom. The molecule has 5 heteroatoms. The van der Waals surface area contributed by atoms with Gasteiger partial charge >= 0.3 is 6.98 Å². The van der Waals surface area contributed by atoms with Gasteiger partial charge < -0.3 is 18.7 Å². The van der Waals surface area contributed by atoms with Crippen molar-refractivity contribution in [3.63, 3.8) is 0 Å². The van der Waals surface area contributed by atoms with E-state index < -0.39 is 12.4 Å². The maximum Gasteiger partial charge on any atom is 0.510 e. The Bertz CT molecular complexity index is 498. The van der Waals surface area contributed by atoms with Gasteiger partial charge in [0.1, 0.15) is 0 Å². The van der Waals surface area contributed by atoms with Crippen LogP contribution < -0.4 is 11.2 Å². The number of rotatable bonds is 2. The lowest BCUT2D eigenvalue weighted by atomic mass is 9.70. The Morgan fingerprint density at radius 3 is 2.00 bits per heavy atom. The lowest BCUT2D eigenvalue weighted by Gasteiger charge is -2.26. The summed E-state index contributed by atoms with van der Waals surface area (Å²) in [6.45, 7) is -0.432. The Balaban J connectivity index is 3.81. The molecule has 0 heterocycles. The van der Waals surface area contributed by atoms with Crippen molar-refractivity contribution >= 4 is 12.4 Å². The van der Waals surface area contributed by atoms with Gasteiger partial charge in [-0.15, -0.1) is 11.9 Å². The van der Waals surface area contributed by atoms with E-state index in [1.807, 2.05) is 0 Å². The van der Waals surface area contributed by atoms with Crippen LogP contribution in [0.15, 0.2) is 0 Å². The first-order valence-corrected chi connectivity index (χ1v) is 5.24. The van der Waals surface area contributed by atoms with Gasteiger partial charge in [-0.3, -0.25) is 0 Å². The number of halogens is 3. The van der Waals surface area contributed by atoms with Crippen LogP contribution in [0, 0.1) is 33.1 Å². The molecule has 1 rings (SSSR count). The van der Waals surface area contributed by atoms with E-state index in [-0.39, 0.29) is 17.7 Å². The third-order valence-electron chi connectivity index (χ3n) is 3.14. The van der Waals surface area contributed by atoms with E-state index in [2.05, 4.69) is 5.92 Å². The van der Waals surface area contributed by atoms with Gasteiger partial charge in [-0.25, -0.2) is 0 Å². The van der Waals surface area contributed by atoms with Crippen LogP contribution in [-0.2, 0) is 6.54 Å². The highest BCUT2D eigenvalue weighted by molar-refractivity contribution is 6.74. The molecular weight excluding hydrogens is 226 g/mol. The normalized spacial score (nSPS) is 11.4. The zero-order chi connectivity index (χ0) is 13.4. The first kappa shape index (κ1) is 13.7. The van der Waals surface area contributed by atoms with Crippen LogP contribution in [0.1, 0.15) is 27.8 Å². The average Bonchev–Trinajstić information content (AvgIpc) is 2.16. The molecule has 1 aromatic rings. The number of benzene rings is 1. The quantitative estimate of drug-likeness (QED) is 0.621. The smallest absolute Gasteiger partial charge is 0.445 e. The molecule has 1 aromatic carbocycles. The number of hydrogen-bond acceptors (Lipinski definition) is 1. The largest absolute Gasteiger partial charge is 0.510 e. The van der Waals surface area contributed by atoms with Gasteiger partial charge in [0.05, 0.1) is 0 Å². The third kappa shape index (κ3) is 2.18. The summed E-state index contributed by atoms with van der Waals surface area (Å²) in [5.74, 6) is 2.33. The highest BCUT2D eigenvalue weighted by Gasteiger charge is 2.31. The lowest BCUT2D eigenvalue weighted by Crippen LogP contribution is -2.40. The van der Waals surface area contributed by atoms with Crippen molar-refractivity contribution in [3.8, 4) is 12.3 Å². The molecule has 0 radical (unpaired) electrons. The maximum absolute atomic E-state index is 13.0. The van der Waals surface area contributed by atoms with Gasteiger partial charge in [0.25, 0.3) is 0 Å². The Kier molecular flexibility index (Phi) is 3.58. The van der Waals surface area contributed by atoms with Crippen molar-refractivity contribution in [1.29, 1.82) is 0 Å². The van der Waals surface area contributed by atoms with Crippen molar-refractivity contribution in [3.05, 3.63) is 27.8 Å². The summed E-state index contributed by atoms with van der Waals surface area (Å²) >= 11 is 0. The first-order chi connectivity index (χ1) is 7.75. The van der Waals surface area contributed by atoms with Gasteiger partial charge in [-0.05, 0) is 31.9 Å². The molecule has 0 aliphatic carbocycles. The third-order valence-corrected chi connectivity index (χ3v) is 3.14. The molecule has 0 fully saturated rings. The van der Waals surface area contributed by atoms with Crippen molar-refractivity contribution in [1.82, 2.24) is 0 Å². The molecule has 0 aliphatic rings. The molecule has 0 aromatic heterocycles. The molecule has 17 heavy (non-hydrogen) atoms. The molecule has 0 atom stereocenters. The Hall–Kier alpha value is -1.41. The minimum Gasteiger partial charge on any atom is -0.445 e. The predicted octanol–water partition coefficient (Wildman–Crippen LogP) is 2.11. The fraction of sp³-hybridized carbons (Fsp3) is 0.333. The van der Waals surface area contributed by atoms with Crippen LogP contribution in [0.4, 0.5) is 12.9 Å². The van der Waals surface area contributed by atoms with Gasteiger partial charge in [-0.2, -0.15) is 0 Å². The van der Waals surface area contributed by atoms with Gasteiger partial charge in [0.2, 0.25) is 0 Å². The minimum atomic E-state index is -5.07. The van der Waals surface area contributed by atoms with Crippen molar-refractivity contribution in [2.24, 2.45) is 5.73 Å². The van der Waals surface area contributed by atoms with E-state index in [4.69, 9.17) is 12.2 Å². The monoisotopic (exact) mass is 240 g/mol. The topological polar surface area (TPSA) is 26.0 Å². The fourth-order valence-electron chi connectivity index (χ4n) is 2.31. The highest BCUT2D eigenvalue weighted by Crippen LogP contribution is 2.24. The van der Waals surface area contributed by atoms with E-state index in [0.29, 0.717) is 16.7 Å². The van der Waals surface area contributed by atoms with E-state index in [1.54, 1.807) is 6.92 Å². The SMILES string of the molecule is C#Cc1c(C)c(CN)c(C)c([B-](F)(F)F)c1C. The second-order valence-corrected chi connectivity index (χ2v) is 4.07. The zero-order valence-corrected chi connectivity index (χ0v) is 10.1. The minimum absolute atomic E-state index is 0.0613. The molecule has 0 saturated heterocycles. The molecule has 2 N–H and O–H groups in total. The summed E-state index contributed by atoms with van der Waals surface area (Å²) < 4.78 is 39.1. The summed E-state index contributed by atoms with van der Waals surface area (Å²) in [6.07, 6.45) is 5.29. The van der Waals surface area contributed by atoms with E-state index in [1.165, 1.54) is 13.8 Å². The molecule has 0 amide bonds. The molecule has 0 saturated carbocycles. The maximum atomic E-state index is 13.0. The van der Waals surface area contributed by atoms with Crippen molar-refractivity contribution in [2.75, 3.05) is 0 Å². The average molecular weight is 240 g/mol. The molecule has 1 nitrogen and oxygen atoms in total. The van der Waals surface area contributed by atoms with Crippen molar-refractivity contribution < 1.29 is 12.9 Å². The van der Waals surface area contributed by atoms with Crippen LogP contribution in [0.5, 0.6) is 0 Å². The molecule has 92 valence electrons. The predicted molar refractivity (Wildman–Crippen MR) is 65.2 cm³/mol. The van der Waals surface area contributed by atoms with Crippen LogP contribution in [-0.4, -0.2) is 6.98 Å². The van der Waals surface area contributed by atoms with Crippen LogP contribution in [0.2, 0.25) is 0 Å². The standard InChI is InChI=1S/C12H14BF3N/c1-5-10-7(2)11(6-17)9(4)12(8(10)3)13(14,15)16/h1H,6,17H2,2-4H3/q-1. The van der Waals surface area contributed by atoms with E-state index in [0.717, 1.165) is 0 Å². The number of terminal acetylenes is 1. The molecular formula is C12H14BF3N-. The van der Waals surface area contributed by atoms with Gasteiger partial charge in [0, 0.05) is 12.1 Å². The Morgan fingerprint density at radius 1 is 1.12 bits per heavy atom. The Labute approximate surface area is 99.3 Å². The fourth-order valence-corrected chi connectivity index (χ4v) is 2.31. The zero-order valence-electron chi connectivity index (χ0n) is 10.1. The highest BCUT2D eigenvalue weighted by atomic mass is 19.4. The second kappa shape index (κ2) is 4.46. The van der Waals surface area contributed by atoms with Crippen LogP contribution in [0.25, 0.3) is 0 Å². The molecule has 0 bridgehead atoms. The lowest BCUT2D eigenvalue weighted by molar-refractivity contribution is 0.500. The summed E-state index contributed by atoms with van der Waals surface area (Å²) in [7, 11) is 0. The second-order valence-electron chi connectivity index (χ2n) is 4.07. The van der Waals surface area contributed by atoms with Crippen molar-refractivity contribution in [2.45, 2.75) is 27.3 Å². The van der Waals surface area contributed by atoms with Crippen LogP contribution >= 0.6 is 0 Å². The summed E-state index contributed by atoms with van der Waals surface area (Å²) in [5, 5.41) is 0. The first-order valence-electron chi connectivity index (χ1n) is 5.24. The van der Waals surface area contributed by atoms with Gasteiger partial charge in [0.15, 0.2) is 0 Å². The molecule has 0 unspecified atom stereocenters. The summed E-state index contributed by atoms with van der Waals surface area (Å²) in [5.41, 5.74) is 6.73. The summed E-state index contributed by atoms with van der Waals surface area (Å²) in [4.78, 5) is 0. The number of nitrogens with two attached hydrogens (primary N) is 1. The molecule has 0 aliphatic heterocycles. The summed E-state index contributed by atoms with van der Waals surface area (Å²) in [6, 6.07) is 0. The molecule has 0 spiro atoms. The number of hydrogen-bond donors (Lipinski definition) is 1. The van der Waals surface area contributed by atoms with Crippen LogP contribution in [0.3, 0.4) is 0 Å². The van der Waals surface area contributed by atoms with Gasteiger partial charge in [-0.1, -0.05) is 17.0 Å². The van der Waals surface area contributed by atoms with E-state index >= 15 is 0 Å². The van der Waals surface area contributed by atoms with E-state index in [9.17, 15) is 12.9 Å².